The second-order valence-electron chi connectivity index (χ2n) is 6.99. The average Bonchev–Trinajstić information content (AvgIpc) is 2.78. The van der Waals surface area contributed by atoms with Crippen molar-refractivity contribution in [3.8, 4) is 11.5 Å². The number of rotatable bonds is 10. The van der Waals surface area contributed by atoms with Gasteiger partial charge < -0.3 is 20.1 Å². The molecule has 0 radical (unpaired) electrons. The Morgan fingerprint density at radius 2 is 1.93 bits per heavy atom. The minimum atomic E-state index is -0.139. The third-order valence-electron chi connectivity index (χ3n) is 4.87. The standard InChI is InChI=1S/C23H29N3O3/c1-28-20-7-9-21(10-8-20)29-16-15-24-19-12-14-25-22(17-19)23(27)26-13-11-18-5-3-2-4-6-18/h5,7-10,12,14,17H,2-4,6,11,13,15-16H2,1H3,(H,24,25)(H,26,27). The summed E-state index contributed by atoms with van der Waals surface area (Å²) in [5.41, 5.74) is 2.72. The number of anilines is 1. The van der Waals surface area contributed by atoms with Crippen LogP contribution in [0.4, 0.5) is 5.69 Å². The summed E-state index contributed by atoms with van der Waals surface area (Å²) in [5.74, 6) is 1.45. The van der Waals surface area contributed by atoms with Crippen molar-refractivity contribution in [1.82, 2.24) is 10.3 Å². The number of carbonyl (C=O) groups is 1. The largest absolute Gasteiger partial charge is 0.497 e. The minimum Gasteiger partial charge on any atom is -0.497 e. The number of amides is 1. The smallest absolute Gasteiger partial charge is 0.269 e. The third kappa shape index (κ3) is 6.82. The van der Waals surface area contributed by atoms with E-state index in [4.69, 9.17) is 9.47 Å². The van der Waals surface area contributed by atoms with E-state index >= 15 is 0 Å². The molecule has 1 amide bonds. The summed E-state index contributed by atoms with van der Waals surface area (Å²) in [4.78, 5) is 16.5. The van der Waals surface area contributed by atoms with Crippen LogP contribution in [0.1, 0.15) is 42.6 Å². The van der Waals surface area contributed by atoms with Gasteiger partial charge in [0.25, 0.3) is 5.91 Å². The van der Waals surface area contributed by atoms with Gasteiger partial charge in [0.2, 0.25) is 0 Å². The van der Waals surface area contributed by atoms with Gasteiger partial charge in [0.15, 0.2) is 0 Å². The molecule has 0 saturated heterocycles. The van der Waals surface area contributed by atoms with E-state index in [1.165, 1.54) is 24.8 Å². The van der Waals surface area contributed by atoms with E-state index in [1.54, 1.807) is 19.4 Å². The fraction of sp³-hybridized carbons (Fsp3) is 0.391. The number of allylic oxidation sites excluding steroid dienone is 1. The zero-order valence-corrected chi connectivity index (χ0v) is 16.9. The van der Waals surface area contributed by atoms with Gasteiger partial charge in [-0.15, -0.1) is 0 Å². The van der Waals surface area contributed by atoms with Gasteiger partial charge in [-0.05, 0) is 68.5 Å². The Morgan fingerprint density at radius 1 is 1.10 bits per heavy atom. The van der Waals surface area contributed by atoms with Crippen LogP contribution >= 0.6 is 0 Å². The van der Waals surface area contributed by atoms with Gasteiger partial charge in [0.05, 0.1) is 7.11 Å². The number of aromatic nitrogens is 1. The molecule has 1 aromatic carbocycles. The molecule has 0 saturated carbocycles. The number of nitrogens with one attached hydrogen (secondary N) is 2. The normalized spacial score (nSPS) is 13.3. The second-order valence-corrected chi connectivity index (χ2v) is 6.99. The lowest BCUT2D eigenvalue weighted by Crippen LogP contribution is -2.26. The molecular weight excluding hydrogens is 366 g/mol. The monoisotopic (exact) mass is 395 g/mol. The van der Waals surface area contributed by atoms with Crippen LogP contribution in [0.25, 0.3) is 0 Å². The highest BCUT2D eigenvalue weighted by Crippen LogP contribution is 2.19. The lowest BCUT2D eigenvalue weighted by Gasteiger charge is -2.13. The molecule has 29 heavy (non-hydrogen) atoms. The molecule has 154 valence electrons. The van der Waals surface area contributed by atoms with E-state index in [-0.39, 0.29) is 5.91 Å². The van der Waals surface area contributed by atoms with Crippen LogP contribution in [0.15, 0.2) is 54.2 Å². The molecule has 0 spiro atoms. The Labute approximate surface area is 172 Å². The Hall–Kier alpha value is -3.02. The van der Waals surface area contributed by atoms with Crippen molar-refractivity contribution in [3.05, 3.63) is 59.9 Å². The quantitative estimate of drug-likeness (QED) is 0.466. The van der Waals surface area contributed by atoms with Gasteiger partial charge >= 0.3 is 0 Å². The van der Waals surface area contributed by atoms with Crippen LogP contribution in [0.2, 0.25) is 0 Å². The summed E-state index contributed by atoms with van der Waals surface area (Å²) in [6.07, 6.45) is 9.75. The molecule has 0 fully saturated rings. The lowest BCUT2D eigenvalue weighted by molar-refractivity contribution is 0.0949. The topological polar surface area (TPSA) is 72.5 Å². The van der Waals surface area contributed by atoms with Crippen LogP contribution in [0.5, 0.6) is 11.5 Å². The maximum Gasteiger partial charge on any atom is 0.269 e. The zero-order valence-electron chi connectivity index (χ0n) is 16.9. The Bertz CT molecular complexity index is 818. The molecule has 1 heterocycles. The van der Waals surface area contributed by atoms with Gasteiger partial charge in [0, 0.05) is 25.0 Å². The minimum absolute atomic E-state index is 0.139. The Kier molecular flexibility index (Phi) is 7.92. The highest BCUT2D eigenvalue weighted by molar-refractivity contribution is 5.93. The van der Waals surface area contributed by atoms with E-state index < -0.39 is 0 Å². The van der Waals surface area contributed by atoms with Crippen LogP contribution in [-0.2, 0) is 0 Å². The maximum absolute atomic E-state index is 12.4. The van der Waals surface area contributed by atoms with E-state index in [2.05, 4.69) is 21.7 Å². The number of methoxy groups -OCH3 is 1. The predicted octanol–water partition coefficient (Wildman–Crippen LogP) is 4.20. The van der Waals surface area contributed by atoms with Crippen molar-refractivity contribution in [3.63, 3.8) is 0 Å². The maximum atomic E-state index is 12.4. The van der Waals surface area contributed by atoms with Crippen molar-refractivity contribution in [2.24, 2.45) is 0 Å². The lowest BCUT2D eigenvalue weighted by atomic mass is 9.97. The number of benzene rings is 1. The fourth-order valence-corrected chi connectivity index (χ4v) is 3.26. The van der Waals surface area contributed by atoms with Crippen LogP contribution < -0.4 is 20.1 Å². The molecule has 0 bridgehead atoms. The summed E-state index contributed by atoms with van der Waals surface area (Å²) in [5, 5.41) is 6.23. The van der Waals surface area contributed by atoms with Gasteiger partial charge in [-0.3, -0.25) is 9.78 Å². The number of hydrogen-bond acceptors (Lipinski definition) is 5. The summed E-state index contributed by atoms with van der Waals surface area (Å²) in [7, 11) is 1.64. The number of carbonyl (C=O) groups excluding carboxylic acids is 1. The number of ether oxygens (including phenoxy) is 2. The molecule has 6 heteroatoms. The van der Waals surface area contributed by atoms with E-state index in [9.17, 15) is 4.79 Å². The highest BCUT2D eigenvalue weighted by atomic mass is 16.5. The van der Waals surface area contributed by atoms with Gasteiger partial charge in [0.1, 0.15) is 23.8 Å². The van der Waals surface area contributed by atoms with Gasteiger partial charge in [-0.25, -0.2) is 0 Å². The highest BCUT2D eigenvalue weighted by Gasteiger charge is 2.09. The van der Waals surface area contributed by atoms with Crippen molar-refractivity contribution in [1.29, 1.82) is 0 Å². The summed E-state index contributed by atoms with van der Waals surface area (Å²) >= 11 is 0. The molecule has 0 atom stereocenters. The predicted molar refractivity (Wildman–Crippen MR) is 115 cm³/mol. The number of hydrogen-bond donors (Lipinski definition) is 2. The Morgan fingerprint density at radius 3 is 2.69 bits per heavy atom. The molecule has 0 unspecified atom stereocenters. The molecule has 1 aliphatic carbocycles. The van der Waals surface area contributed by atoms with Crippen LogP contribution in [0.3, 0.4) is 0 Å². The third-order valence-corrected chi connectivity index (χ3v) is 4.87. The van der Waals surface area contributed by atoms with Crippen molar-refractivity contribution < 1.29 is 14.3 Å². The van der Waals surface area contributed by atoms with E-state index in [1.807, 2.05) is 30.3 Å². The number of pyridine rings is 1. The molecule has 6 nitrogen and oxygen atoms in total. The fourth-order valence-electron chi connectivity index (χ4n) is 3.26. The first kappa shape index (κ1) is 20.7. The molecule has 2 N–H and O–H groups in total. The molecular formula is C23H29N3O3. The Balaban J connectivity index is 1.39. The van der Waals surface area contributed by atoms with E-state index in [0.717, 1.165) is 30.0 Å². The van der Waals surface area contributed by atoms with Crippen molar-refractivity contribution in [2.75, 3.05) is 32.1 Å². The molecule has 0 aliphatic heterocycles. The molecule has 1 aromatic heterocycles. The summed E-state index contributed by atoms with van der Waals surface area (Å²) in [6.45, 7) is 1.77. The molecule has 1 aliphatic rings. The second kappa shape index (κ2) is 11.1. The summed E-state index contributed by atoms with van der Waals surface area (Å²) in [6, 6.07) is 11.1. The SMILES string of the molecule is COc1ccc(OCCNc2ccnc(C(=O)NCCC3=CCCCC3)c2)cc1. The van der Waals surface area contributed by atoms with Crippen LogP contribution in [-0.4, -0.2) is 37.7 Å². The van der Waals surface area contributed by atoms with Crippen molar-refractivity contribution in [2.45, 2.75) is 32.1 Å². The first-order valence-electron chi connectivity index (χ1n) is 10.2. The van der Waals surface area contributed by atoms with E-state index in [0.29, 0.717) is 25.4 Å². The first-order chi connectivity index (χ1) is 14.2. The number of nitrogens with zero attached hydrogens (tertiary/aromatic N) is 1. The first-order valence-corrected chi connectivity index (χ1v) is 10.2. The zero-order chi connectivity index (χ0) is 20.3. The van der Waals surface area contributed by atoms with Gasteiger partial charge in [-0.1, -0.05) is 11.6 Å². The molecule has 2 aromatic rings. The molecule has 3 rings (SSSR count). The van der Waals surface area contributed by atoms with Crippen molar-refractivity contribution >= 4 is 11.6 Å². The van der Waals surface area contributed by atoms with Crippen LogP contribution in [0, 0.1) is 0 Å². The summed E-state index contributed by atoms with van der Waals surface area (Å²) < 4.78 is 10.8. The van der Waals surface area contributed by atoms with Gasteiger partial charge in [-0.2, -0.15) is 0 Å². The average molecular weight is 396 g/mol.